The lowest BCUT2D eigenvalue weighted by molar-refractivity contribution is 0.189. The van der Waals surface area contributed by atoms with Crippen LogP contribution in [0.15, 0.2) is 12.3 Å². The summed E-state index contributed by atoms with van der Waals surface area (Å²) in [6, 6.07) is 0. The topological polar surface area (TPSA) is 56.8 Å². The summed E-state index contributed by atoms with van der Waals surface area (Å²) in [5.41, 5.74) is 0. The molecule has 0 amide bonds. The fourth-order valence-electron chi connectivity index (χ4n) is 0.465. The van der Waals surface area contributed by atoms with Crippen LogP contribution in [0, 0.1) is 0 Å². The number of hydrogen-bond donors (Lipinski definition) is 1. The summed E-state index contributed by atoms with van der Waals surface area (Å²) in [5.74, 6) is 0.0459. The summed E-state index contributed by atoms with van der Waals surface area (Å²) >= 11 is 4.77. The van der Waals surface area contributed by atoms with Gasteiger partial charge in [-0.05, 0) is 0 Å². The Morgan fingerprint density at radius 3 is 2.23 bits per heavy atom. The maximum atomic E-state index is 11.4. The molecule has 0 rings (SSSR count). The SMILES string of the molecule is C=C(OP(=O)(OC)OC)C(=S)NC. The third-order valence-corrected chi connectivity index (χ3v) is 2.92. The smallest absolute Gasteiger partial charge is 0.402 e. The van der Waals surface area contributed by atoms with Crippen molar-refractivity contribution >= 4 is 25.0 Å². The molecule has 76 valence electrons. The maximum absolute atomic E-state index is 11.4. The van der Waals surface area contributed by atoms with E-state index < -0.39 is 7.82 Å². The normalized spacial score (nSPS) is 10.7. The van der Waals surface area contributed by atoms with E-state index in [0.29, 0.717) is 0 Å². The number of rotatable bonds is 5. The zero-order valence-corrected chi connectivity index (χ0v) is 9.41. The van der Waals surface area contributed by atoms with E-state index in [2.05, 4.69) is 20.9 Å². The Morgan fingerprint density at radius 1 is 1.46 bits per heavy atom. The van der Waals surface area contributed by atoms with Gasteiger partial charge in [0.25, 0.3) is 0 Å². The van der Waals surface area contributed by atoms with E-state index in [1.54, 1.807) is 7.05 Å². The molecule has 0 aliphatic carbocycles. The molecule has 0 aromatic heterocycles. The molecule has 0 spiro atoms. The summed E-state index contributed by atoms with van der Waals surface area (Å²) in [7, 11) is 0.484. The Kier molecular flexibility index (Phi) is 5.17. The van der Waals surface area contributed by atoms with Crippen molar-refractivity contribution in [1.29, 1.82) is 0 Å². The lowest BCUT2D eigenvalue weighted by Crippen LogP contribution is -2.18. The second-order valence-electron chi connectivity index (χ2n) is 1.91. The van der Waals surface area contributed by atoms with Gasteiger partial charge in [-0.3, -0.25) is 9.05 Å². The second kappa shape index (κ2) is 5.34. The van der Waals surface area contributed by atoms with E-state index in [1.165, 1.54) is 14.2 Å². The third-order valence-electron chi connectivity index (χ3n) is 1.15. The average molecular weight is 225 g/mol. The zero-order chi connectivity index (χ0) is 10.5. The predicted molar refractivity (Wildman–Crippen MR) is 53.5 cm³/mol. The molecule has 0 aliphatic rings. The monoisotopic (exact) mass is 225 g/mol. The maximum Gasteiger partial charge on any atom is 0.529 e. The highest BCUT2D eigenvalue weighted by Gasteiger charge is 2.26. The van der Waals surface area contributed by atoms with Crippen LogP contribution in [0.3, 0.4) is 0 Å². The minimum atomic E-state index is -3.53. The summed E-state index contributed by atoms with van der Waals surface area (Å²) in [6.45, 7) is 3.45. The molecule has 0 saturated carbocycles. The number of likely N-dealkylation sites (N-methyl/N-ethyl adjacent to an activating group) is 1. The minimum absolute atomic E-state index is 0.0459. The number of phosphoric ester groups is 1. The first kappa shape index (κ1) is 12.6. The lowest BCUT2D eigenvalue weighted by atomic mass is 10.6. The lowest BCUT2D eigenvalue weighted by Gasteiger charge is -2.15. The van der Waals surface area contributed by atoms with Crippen LogP contribution >= 0.6 is 20.0 Å². The van der Waals surface area contributed by atoms with Crippen LogP contribution in [0.25, 0.3) is 0 Å². The van der Waals surface area contributed by atoms with Crippen LogP contribution in [0.5, 0.6) is 0 Å². The van der Waals surface area contributed by atoms with Crippen molar-refractivity contribution in [1.82, 2.24) is 5.32 Å². The van der Waals surface area contributed by atoms with Gasteiger partial charge < -0.3 is 9.84 Å². The van der Waals surface area contributed by atoms with Crippen molar-refractivity contribution in [3.63, 3.8) is 0 Å². The van der Waals surface area contributed by atoms with E-state index in [9.17, 15) is 4.57 Å². The Morgan fingerprint density at radius 2 is 1.92 bits per heavy atom. The van der Waals surface area contributed by atoms with E-state index in [-0.39, 0.29) is 10.7 Å². The summed E-state index contributed by atoms with van der Waals surface area (Å²) in [5, 5.41) is 2.61. The van der Waals surface area contributed by atoms with E-state index in [1.807, 2.05) is 0 Å². The molecule has 0 aliphatic heterocycles. The molecular formula is C6H12NO4PS. The van der Waals surface area contributed by atoms with E-state index >= 15 is 0 Å². The molecular weight excluding hydrogens is 213 g/mol. The first-order valence-corrected chi connectivity index (χ1v) is 5.18. The van der Waals surface area contributed by atoms with Gasteiger partial charge in [0.2, 0.25) is 0 Å². The van der Waals surface area contributed by atoms with Gasteiger partial charge in [-0.25, -0.2) is 4.57 Å². The molecule has 13 heavy (non-hydrogen) atoms. The Balaban J connectivity index is 4.35. The Hall–Kier alpha value is -0.420. The molecule has 0 heterocycles. The quantitative estimate of drug-likeness (QED) is 0.331. The first-order valence-electron chi connectivity index (χ1n) is 3.31. The zero-order valence-electron chi connectivity index (χ0n) is 7.70. The highest BCUT2D eigenvalue weighted by Crippen LogP contribution is 2.49. The van der Waals surface area contributed by atoms with Gasteiger partial charge in [0.1, 0.15) is 4.99 Å². The van der Waals surface area contributed by atoms with Crippen molar-refractivity contribution in [3.05, 3.63) is 12.3 Å². The molecule has 0 saturated heterocycles. The van der Waals surface area contributed by atoms with Crippen molar-refractivity contribution < 1.29 is 18.1 Å². The largest absolute Gasteiger partial charge is 0.529 e. The van der Waals surface area contributed by atoms with E-state index in [0.717, 1.165) is 0 Å². The summed E-state index contributed by atoms with van der Waals surface area (Å²) in [6.07, 6.45) is 0. The molecule has 0 aromatic rings. The predicted octanol–water partition coefficient (Wildman–Crippen LogP) is 1.46. The number of thiocarbonyl (C=S) groups is 1. The van der Waals surface area contributed by atoms with Gasteiger partial charge >= 0.3 is 7.82 Å². The van der Waals surface area contributed by atoms with Gasteiger partial charge in [0.05, 0.1) is 0 Å². The van der Waals surface area contributed by atoms with Crippen LogP contribution in [-0.4, -0.2) is 26.3 Å². The van der Waals surface area contributed by atoms with Crippen LogP contribution in [0.2, 0.25) is 0 Å². The third kappa shape index (κ3) is 3.87. The Labute approximate surface area is 82.7 Å². The van der Waals surface area contributed by atoms with Gasteiger partial charge in [0.15, 0.2) is 5.76 Å². The van der Waals surface area contributed by atoms with Crippen LogP contribution in [0.1, 0.15) is 0 Å². The molecule has 0 radical (unpaired) electrons. The van der Waals surface area contributed by atoms with Crippen molar-refractivity contribution in [2.75, 3.05) is 21.3 Å². The molecule has 0 bridgehead atoms. The van der Waals surface area contributed by atoms with E-state index in [4.69, 9.17) is 16.7 Å². The van der Waals surface area contributed by atoms with Gasteiger partial charge in [-0.1, -0.05) is 18.8 Å². The fourth-order valence-corrected chi connectivity index (χ4v) is 1.23. The molecule has 0 aromatic carbocycles. The summed E-state index contributed by atoms with van der Waals surface area (Å²) in [4.78, 5) is 0.245. The van der Waals surface area contributed by atoms with Crippen LogP contribution in [-0.2, 0) is 18.1 Å². The highest BCUT2D eigenvalue weighted by molar-refractivity contribution is 7.80. The average Bonchev–Trinajstić information content (AvgIpc) is 2.16. The summed E-state index contributed by atoms with van der Waals surface area (Å²) < 4.78 is 25.2. The van der Waals surface area contributed by atoms with Crippen molar-refractivity contribution in [3.8, 4) is 0 Å². The molecule has 1 N–H and O–H groups in total. The molecule has 7 heteroatoms. The van der Waals surface area contributed by atoms with Crippen LogP contribution in [0.4, 0.5) is 0 Å². The highest BCUT2D eigenvalue weighted by atomic mass is 32.1. The van der Waals surface area contributed by atoms with Crippen molar-refractivity contribution in [2.45, 2.75) is 0 Å². The standard InChI is InChI=1S/C6H12NO4PS/c1-5(6(13)7-2)11-12(8,9-3)10-4/h1H2,2-4H3,(H,7,13). The number of nitrogens with one attached hydrogen (secondary N) is 1. The van der Waals surface area contributed by atoms with Gasteiger partial charge in [-0.2, -0.15) is 0 Å². The second-order valence-corrected chi connectivity index (χ2v) is 4.12. The molecule has 0 fully saturated rings. The minimum Gasteiger partial charge on any atom is -0.402 e. The van der Waals surface area contributed by atoms with Crippen molar-refractivity contribution in [2.24, 2.45) is 0 Å². The molecule has 0 atom stereocenters. The fraction of sp³-hybridized carbons (Fsp3) is 0.500. The molecule has 0 unspecified atom stereocenters. The number of hydrogen-bond acceptors (Lipinski definition) is 5. The molecule has 5 nitrogen and oxygen atoms in total. The Bertz CT molecular complexity index is 247. The first-order chi connectivity index (χ1) is 5.99. The number of phosphoric acid groups is 1. The van der Waals surface area contributed by atoms with Gasteiger partial charge in [0, 0.05) is 21.3 Å². The van der Waals surface area contributed by atoms with Gasteiger partial charge in [-0.15, -0.1) is 0 Å². The van der Waals surface area contributed by atoms with Crippen LogP contribution < -0.4 is 5.32 Å².